The lowest BCUT2D eigenvalue weighted by Gasteiger charge is -2.15. The Morgan fingerprint density at radius 3 is 2.33 bits per heavy atom. The van der Waals surface area contributed by atoms with Crippen LogP contribution in [-0.4, -0.2) is 9.97 Å². The molecule has 98 valence electrons. The van der Waals surface area contributed by atoms with Gasteiger partial charge in [0.2, 0.25) is 0 Å². The lowest BCUT2D eigenvalue weighted by molar-refractivity contribution is 0.145. The van der Waals surface area contributed by atoms with Gasteiger partial charge in [-0.25, -0.2) is 13.8 Å². The summed E-state index contributed by atoms with van der Waals surface area (Å²) in [6, 6.07) is 1.88. The molecule has 0 bridgehead atoms. The Morgan fingerprint density at radius 1 is 1.28 bits per heavy atom. The van der Waals surface area contributed by atoms with Crippen LogP contribution in [0.15, 0.2) is 6.20 Å². The highest BCUT2D eigenvalue weighted by atomic mass is 19.3. The Bertz CT molecular complexity index is 421. The number of hydrogen-bond acceptors (Lipinski definition) is 3. The quantitative estimate of drug-likeness (QED) is 0.770. The third kappa shape index (κ3) is 3.46. The second-order valence-electron chi connectivity index (χ2n) is 4.22. The Morgan fingerprint density at radius 2 is 1.89 bits per heavy atom. The lowest BCUT2D eigenvalue weighted by Crippen LogP contribution is -2.08. The van der Waals surface area contributed by atoms with E-state index in [-0.39, 0.29) is 11.6 Å². The maximum Gasteiger partial charge on any atom is 0.281 e. The molecule has 0 aliphatic carbocycles. The molecule has 1 aromatic heterocycles. The predicted octanol–water partition coefficient (Wildman–Crippen LogP) is 3.97. The van der Waals surface area contributed by atoms with Crippen LogP contribution in [0.25, 0.3) is 0 Å². The normalized spacial score (nSPS) is 10.9. The van der Waals surface area contributed by atoms with Crippen molar-refractivity contribution in [2.75, 3.05) is 0 Å². The minimum absolute atomic E-state index is 0.0414. The van der Waals surface area contributed by atoms with Crippen molar-refractivity contribution in [3.05, 3.63) is 23.3 Å². The summed E-state index contributed by atoms with van der Waals surface area (Å²) >= 11 is 0. The molecular formula is C13H17F2N3. The summed E-state index contributed by atoms with van der Waals surface area (Å²) in [4.78, 5) is 7.75. The van der Waals surface area contributed by atoms with E-state index >= 15 is 0 Å². The number of rotatable bonds is 6. The first-order valence-electron chi connectivity index (χ1n) is 6.19. The van der Waals surface area contributed by atoms with Gasteiger partial charge in [0.25, 0.3) is 6.43 Å². The third-order valence-electron chi connectivity index (χ3n) is 2.81. The molecule has 5 heteroatoms. The fraction of sp³-hybridized carbons (Fsp3) is 0.615. The minimum Gasteiger partial charge on any atom is -0.256 e. The van der Waals surface area contributed by atoms with E-state index in [1.165, 1.54) is 0 Å². The molecule has 0 radical (unpaired) electrons. The SMILES string of the molecule is CCCC(CCC)c1ncc(C(F)F)nc1C#N. The summed E-state index contributed by atoms with van der Waals surface area (Å²) in [7, 11) is 0. The molecule has 0 unspecified atom stereocenters. The predicted molar refractivity (Wildman–Crippen MR) is 64.3 cm³/mol. The monoisotopic (exact) mass is 253 g/mol. The maximum absolute atomic E-state index is 12.5. The van der Waals surface area contributed by atoms with Crippen molar-refractivity contribution in [2.24, 2.45) is 0 Å². The number of hydrogen-bond donors (Lipinski definition) is 0. The minimum atomic E-state index is -2.69. The summed E-state index contributed by atoms with van der Waals surface area (Å²) < 4.78 is 25.0. The molecule has 0 atom stereocenters. The standard InChI is InChI=1S/C13H17F2N3/c1-3-5-9(6-4-2)12-10(7-16)18-11(8-17-12)13(14)15/h8-9,13H,3-6H2,1-2H3. The molecule has 0 aliphatic rings. The zero-order chi connectivity index (χ0) is 13.5. The van der Waals surface area contributed by atoms with Gasteiger partial charge in [0.15, 0.2) is 5.69 Å². The second kappa shape index (κ2) is 7.00. The van der Waals surface area contributed by atoms with Gasteiger partial charge in [-0.05, 0) is 12.8 Å². The van der Waals surface area contributed by atoms with Gasteiger partial charge in [-0.3, -0.25) is 4.98 Å². The molecule has 0 spiro atoms. The third-order valence-corrected chi connectivity index (χ3v) is 2.81. The van der Waals surface area contributed by atoms with Crippen LogP contribution in [0.2, 0.25) is 0 Å². The largest absolute Gasteiger partial charge is 0.281 e. The Balaban J connectivity index is 3.10. The van der Waals surface area contributed by atoms with Crippen LogP contribution < -0.4 is 0 Å². The summed E-state index contributed by atoms with van der Waals surface area (Å²) in [5.74, 6) is 0.133. The number of alkyl halides is 2. The first-order chi connectivity index (χ1) is 8.63. The van der Waals surface area contributed by atoms with E-state index in [1.54, 1.807) is 0 Å². The van der Waals surface area contributed by atoms with E-state index in [1.807, 2.05) is 6.07 Å². The van der Waals surface area contributed by atoms with Gasteiger partial charge < -0.3 is 0 Å². The van der Waals surface area contributed by atoms with Crippen LogP contribution in [0.1, 0.15) is 69.0 Å². The van der Waals surface area contributed by atoms with Crippen LogP contribution in [-0.2, 0) is 0 Å². The molecule has 0 N–H and O–H groups in total. The zero-order valence-corrected chi connectivity index (χ0v) is 10.7. The molecule has 1 heterocycles. The van der Waals surface area contributed by atoms with Crippen molar-refractivity contribution in [2.45, 2.75) is 51.9 Å². The maximum atomic E-state index is 12.5. The summed E-state index contributed by atoms with van der Waals surface area (Å²) in [6.07, 6.45) is 2.12. The Kier molecular flexibility index (Phi) is 5.63. The topological polar surface area (TPSA) is 49.6 Å². The van der Waals surface area contributed by atoms with E-state index in [0.717, 1.165) is 31.9 Å². The van der Waals surface area contributed by atoms with E-state index in [4.69, 9.17) is 5.26 Å². The highest BCUT2D eigenvalue weighted by Crippen LogP contribution is 2.27. The lowest BCUT2D eigenvalue weighted by atomic mass is 9.93. The molecule has 0 saturated carbocycles. The number of nitrogens with zero attached hydrogens (tertiary/aromatic N) is 3. The molecule has 18 heavy (non-hydrogen) atoms. The van der Waals surface area contributed by atoms with Gasteiger partial charge >= 0.3 is 0 Å². The molecule has 0 aliphatic heterocycles. The smallest absolute Gasteiger partial charge is 0.256 e. The van der Waals surface area contributed by atoms with Crippen molar-refractivity contribution in [3.8, 4) is 6.07 Å². The molecule has 0 amide bonds. The van der Waals surface area contributed by atoms with Crippen molar-refractivity contribution < 1.29 is 8.78 Å². The van der Waals surface area contributed by atoms with Gasteiger partial charge in [-0.15, -0.1) is 0 Å². The summed E-state index contributed by atoms with van der Waals surface area (Å²) in [5, 5.41) is 9.01. The summed E-state index contributed by atoms with van der Waals surface area (Å²) in [6.45, 7) is 4.10. The highest BCUT2D eigenvalue weighted by Gasteiger charge is 2.19. The van der Waals surface area contributed by atoms with Gasteiger partial charge in [0.1, 0.15) is 11.8 Å². The summed E-state index contributed by atoms with van der Waals surface area (Å²) in [5.41, 5.74) is 0.173. The molecule has 3 nitrogen and oxygen atoms in total. The average Bonchev–Trinajstić information content (AvgIpc) is 2.37. The van der Waals surface area contributed by atoms with Crippen LogP contribution in [0.4, 0.5) is 8.78 Å². The fourth-order valence-corrected chi connectivity index (χ4v) is 2.01. The molecule has 1 rings (SSSR count). The second-order valence-corrected chi connectivity index (χ2v) is 4.22. The van der Waals surface area contributed by atoms with Crippen LogP contribution in [0.5, 0.6) is 0 Å². The van der Waals surface area contributed by atoms with Gasteiger partial charge in [-0.1, -0.05) is 26.7 Å². The number of nitriles is 1. The van der Waals surface area contributed by atoms with Crippen molar-refractivity contribution in [1.82, 2.24) is 9.97 Å². The van der Waals surface area contributed by atoms with Gasteiger partial charge in [0.05, 0.1) is 11.9 Å². The van der Waals surface area contributed by atoms with Crippen LogP contribution in [0.3, 0.4) is 0 Å². The average molecular weight is 253 g/mol. The van der Waals surface area contributed by atoms with Crippen LogP contribution in [0, 0.1) is 11.3 Å². The van der Waals surface area contributed by atoms with Crippen molar-refractivity contribution >= 4 is 0 Å². The van der Waals surface area contributed by atoms with E-state index in [9.17, 15) is 8.78 Å². The molecule has 0 saturated heterocycles. The first-order valence-corrected chi connectivity index (χ1v) is 6.19. The van der Waals surface area contributed by atoms with Crippen molar-refractivity contribution in [1.29, 1.82) is 5.26 Å². The molecule has 0 aromatic carbocycles. The highest BCUT2D eigenvalue weighted by molar-refractivity contribution is 5.29. The van der Waals surface area contributed by atoms with E-state index in [2.05, 4.69) is 23.8 Å². The molecular weight excluding hydrogens is 236 g/mol. The van der Waals surface area contributed by atoms with E-state index < -0.39 is 12.1 Å². The van der Waals surface area contributed by atoms with Crippen molar-refractivity contribution in [3.63, 3.8) is 0 Å². The van der Waals surface area contributed by atoms with E-state index in [0.29, 0.717) is 5.69 Å². The molecule has 1 aromatic rings. The molecule has 0 fully saturated rings. The van der Waals surface area contributed by atoms with Gasteiger partial charge in [0, 0.05) is 5.92 Å². The zero-order valence-electron chi connectivity index (χ0n) is 10.7. The van der Waals surface area contributed by atoms with Gasteiger partial charge in [-0.2, -0.15) is 5.26 Å². The fourth-order valence-electron chi connectivity index (χ4n) is 2.01. The first kappa shape index (κ1) is 14.5. The van der Waals surface area contributed by atoms with Crippen LogP contribution >= 0.6 is 0 Å². The Labute approximate surface area is 106 Å². The Hall–Kier alpha value is -1.57. The number of aromatic nitrogens is 2. The number of halogens is 2.